The van der Waals surface area contributed by atoms with Crippen LogP contribution in [0.5, 0.6) is 0 Å². The van der Waals surface area contributed by atoms with Crippen molar-refractivity contribution in [1.82, 2.24) is 16.0 Å². The topological polar surface area (TPSA) is 143 Å². The Morgan fingerprint density at radius 3 is 2.63 bits per heavy atom. The molecule has 4 atom stereocenters. The largest absolute Gasteiger partial charge is 0.449 e. The zero-order chi connectivity index (χ0) is 28.0. The zero-order valence-electron chi connectivity index (χ0n) is 21.1. The van der Waals surface area contributed by atoms with Crippen LogP contribution in [0.25, 0.3) is 0 Å². The van der Waals surface area contributed by atoms with Gasteiger partial charge in [0.05, 0.1) is 23.9 Å². The summed E-state index contributed by atoms with van der Waals surface area (Å²) >= 11 is 6.05. The quantitative estimate of drug-likeness (QED) is 0.344. The van der Waals surface area contributed by atoms with Crippen LogP contribution in [-0.2, 0) is 19.1 Å². The van der Waals surface area contributed by atoms with Crippen molar-refractivity contribution in [2.45, 2.75) is 63.5 Å². The van der Waals surface area contributed by atoms with Gasteiger partial charge in [-0.15, -0.1) is 0 Å². The number of rotatable bonds is 9. The highest BCUT2D eigenvalue weighted by atomic mass is 35.5. The molecule has 2 fully saturated rings. The number of amides is 4. The minimum Gasteiger partial charge on any atom is -0.449 e. The van der Waals surface area contributed by atoms with Crippen LogP contribution in [-0.4, -0.2) is 61.3 Å². The molecule has 1 unspecified atom stereocenters. The van der Waals surface area contributed by atoms with Gasteiger partial charge in [0.25, 0.3) is 11.8 Å². The van der Waals surface area contributed by atoms with Crippen LogP contribution in [0.4, 0.5) is 19.3 Å². The summed E-state index contributed by atoms with van der Waals surface area (Å²) < 4.78 is 32.4. The lowest BCUT2D eigenvalue weighted by atomic mass is 9.87. The Hall–Kier alpha value is -3.28. The van der Waals surface area contributed by atoms with Gasteiger partial charge in [0.15, 0.2) is 0 Å². The fraction of sp³-hybridized carbons (Fsp3) is 0.560. The standard InChI is InChI=1S/C25H31ClF2N4O6/c1-13-8-15(21(34)30-13)9-19(20(33)23(36)29-2)31-22(35)17-10-16(26)5-6-18(17)32-24(37)38-12-14-4-3-7-25(27,28)11-14/h5-6,10,13-15,19H,3-4,7-9,11-12H2,1-2H3,(H,29,36)(H,30,34)(H,31,35)(H,32,37)/t13-,14?,15+,19+/m1/s1. The van der Waals surface area contributed by atoms with Gasteiger partial charge in [-0.3, -0.25) is 24.5 Å². The maximum Gasteiger partial charge on any atom is 0.411 e. The normalized spacial score (nSPS) is 23.1. The summed E-state index contributed by atoms with van der Waals surface area (Å²) in [6.45, 7) is 1.59. The van der Waals surface area contributed by atoms with Crippen LogP contribution in [0.1, 0.15) is 55.8 Å². The monoisotopic (exact) mass is 556 g/mol. The third kappa shape index (κ3) is 7.86. The molecule has 38 heavy (non-hydrogen) atoms. The van der Waals surface area contributed by atoms with Crippen LogP contribution < -0.4 is 21.3 Å². The molecule has 4 N–H and O–H groups in total. The lowest BCUT2D eigenvalue weighted by Gasteiger charge is -2.28. The Morgan fingerprint density at radius 2 is 2.00 bits per heavy atom. The van der Waals surface area contributed by atoms with E-state index in [2.05, 4.69) is 21.3 Å². The molecule has 208 valence electrons. The average molecular weight is 557 g/mol. The van der Waals surface area contributed by atoms with Crippen molar-refractivity contribution < 1.29 is 37.5 Å². The molecule has 1 saturated heterocycles. The number of halogens is 3. The van der Waals surface area contributed by atoms with Gasteiger partial charge in [-0.05, 0) is 56.7 Å². The number of anilines is 1. The summed E-state index contributed by atoms with van der Waals surface area (Å²) in [4.78, 5) is 62.5. The number of ketones is 1. The number of Topliss-reactive ketones (excluding diaryl/α,β-unsaturated/α-hetero) is 1. The number of hydrogen-bond donors (Lipinski definition) is 4. The second-order valence-corrected chi connectivity index (χ2v) is 10.2. The van der Waals surface area contributed by atoms with Crippen molar-refractivity contribution in [3.8, 4) is 0 Å². The third-order valence-corrected chi connectivity index (χ3v) is 6.88. The molecule has 3 rings (SSSR count). The molecule has 1 aliphatic carbocycles. The SMILES string of the molecule is CNC(=O)C(=O)[C@H](C[C@@H]1C[C@@H](C)NC1=O)NC(=O)c1cc(Cl)ccc1NC(=O)OCC1CCCC(F)(F)C1. The fourth-order valence-corrected chi connectivity index (χ4v) is 4.93. The van der Waals surface area contributed by atoms with E-state index in [1.54, 1.807) is 6.92 Å². The van der Waals surface area contributed by atoms with E-state index in [-0.39, 0.29) is 54.1 Å². The van der Waals surface area contributed by atoms with Crippen molar-refractivity contribution in [3.05, 3.63) is 28.8 Å². The molecule has 0 radical (unpaired) electrons. The summed E-state index contributed by atoms with van der Waals surface area (Å²) in [5.74, 6) is -6.86. The summed E-state index contributed by atoms with van der Waals surface area (Å²) in [7, 11) is 1.27. The predicted octanol–water partition coefficient (Wildman–Crippen LogP) is 3.04. The van der Waals surface area contributed by atoms with E-state index in [1.165, 1.54) is 25.2 Å². The number of nitrogens with one attached hydrogen (secondary N) is 4. The van der Waals surface area contributed by atoms with Crippen molar-refractivity contribution in [3.63, 3.8) is 0 Å². The van der Waals surface area contributed by atoms with Crippen LogP contribution in [0.2, 0.25) is 5.02 Å². The van der Waals surface area contributed by atoms with Crippen molar-refractivity contribution in [2.24, 2.45) is 11.8 Å². The first kappa shape index (κ1) is 29.3. The molecule has 1 saturated carbocycles. The first-order chi connectivity index (χ1) is 17.9. The average Bonchev–Trinajstić information content (AvgIpc) is 3.17. The molecule has 1 aromatic carbocycles. The highest BCUT2D eigenvalue weighted by molar-refractivity contribution is 6.38. The summed E-state index contributed by atoms with van der Waals surface area (Å²) in [5, 5.41) is 9.98. The predicted molar refractivity (Wildman–Crippen MR) is 134 cm³/mol. The van der Waals surface area contributed by atoms with E-state index in [4.69, 9.17) is 16.3 Å². The maximum absolute atomic E-state index is 13.6. The summed E-state index contributed by atoms with van der Waals surface area (Å²) in [6, 6.07) is 2.56. The van der Waals surface area contributed by atoms with E-state index in [0.717, 1.165) is 0 Å². The molecule has 13 heteroatoms. The lowest BCUT2D eigenvalue weighted by Crippen LogP contribution is -2.48. The third-order valence-electron chi connectivity index (χ3n) is 6.65. The Labute approximate surface area is 223 Å². The minimum absolute atomic E-state index is 0.00996. The number of carbonyl (C=O) groups is 5. The number of alkyl halides is 2. The van der Waals surface area contributed by atoms with E-state index in [0.29, 0.717) is 19.3 Å². The van der Waals surface area contributed by atoms with Gasteiger partial charge in [0.2, 0.25) is 17.6 Å². The Bertz CT molecular complexity index is 1100. The second-order valence-electron chi connectivity index (χ2n) is 9.78. The van der Waals surface area contributed by atoms with Crippen molar-refractivity contribution in [1.29, 1.82) is 0 Å². The summed E-state index contributed by atoms with van der Waals surface area (Å²) in [6.07, 6.45) is -0.344. The van der Waals surface area contributed by atoms with E-state index >= 15 is 0 Å². The van der Waals surface area contributed by atoms with E-state index in [9.17, 15) is 32.8 Å². The molecule has 1 aliphatic heterocycles. The Morgan fingerprint density at radius 1 is 1.26 bits per heavy atom. The van der Waals surface area contributed by atoms with Crippen LogP contribution in [0, 0.1) is 11.8 Å². The first-order valence-corrected chi connectivity index (χ1v) is 12.7. The lowest BCUT2D eigenvalue weighted by molar-refractivity contribution is -0.139. The van der Waals surface area contributed by atoms with Crippen molar-refractivity contribution in [2.75, 3.05) is 19.0 Å². The van der Waals surface area contributed by atoms with Crippen molar-refractivity contribution >= 4 is 46.9 Å². The van der Waals surface area contributed by atoms with E-state index < -0.39 is 47.5 Å². The molecular formula is C25H31ClF2N4O6. The molecule has 1 aromatic rings. The van der Waals surface area contributed by atoms with Gasteiger partial charge in [-0.1, -0.05) is 11.6 Å². The Balaban J connectivity index is 1.71. The van der Waals surface area contributed by atoms with E-state index in [1.807, 2.05) is 0 Å². The number of hydrogen-bond acceptors (Lipinski definition) is 6. The number of benzene rings is 1. The number of ether oxygens (including phenoxy) is 1. The Kier molecular flexibility index (Phi) is 9.64. The highest BCUT2D eigenvalue weighted by Gasteiger charge is 2.37. The zero-order valence-corrected chi connectivity index (χ0v) is 21.8. The minimum atomic E-state index is -2.79. The molecule has 0 spiro atoms. The van der Waals surface area contributed by atoms with Crippen LogP contribution >= 0.6 is 11.6 Å². The molecule has 2 aliphatic rings. The van der Waals surface area contributed by atoms with Gasteiger partial charge in [0, 0.05) is 36.9 Å². The molecule has 1 heterocycles. The molecule has 0 bridgehead atoms. The fourth-order valence-electron chi connectivity index (χ4n) is 4.76. The first-order valence-electron chi connectivity index (χ1n) is 12.4. The highest BCUT2D eigenvalue weighted by Crippen LogP contribution is 2.36. The summed E-state index contributed by atoms with van der Waals surface area (Å²) in [5.41, 5.74) is -0.137. The van der Waals surface area contributed by atoms with Gasteiger partial charge < -0.3 is 20.7 Å². The molecular weight excluding hydrogens is 526 g/mol. The maximum atomic E-state index is 13.6. The van der Waals surface area contributed by atoms with Gasteiger partial charge in [0.1, 0.15) is 0 Å². The van der Waals surface area contributed by atoms with Gasteiger partial charge in [-0.2, -0.15) is 0 Å². The van der Waals surface area contributed by atoms with Crippen LogP contribution in [0.3, 0.4) is 0 Å². The van der Waals surface area contributed by atoms with Gasteiger partial charge >= 0.3 is 6.09 Å². The molecule has 4 amide bonds. The molecule has 0 aromatic heterocycles. The molecule has 10 nitrogen and oxygen atoms in total. The smallest absolute Gasteiger partial charge is 0.411 e. The van der Waals surface area contributed by atoms with Gasteiger partial charge in [-0.25, -0.2) is 13.6 Å². The number of carbonyl (C=O) groups excluding carboxylic acids is 5. The second kappa shape index (κ2) is 12.5. The van der Waals surface area contributed by atoms with Crippen LogP contribution in [0.15, 0.2) is 18.2 Å². The number of likely N-dealkylation sites (N-methyl/N-ethyl adjacent to an activating group) is 1.